The van der Waals surface area contributed by atoms with Crippen molar-refractivity contribution in [1.82, 2.24) is 0 Å². The van der Waals surface area contributed by atoms with Crippen molar-refractivity contribution in [3.8, 4) is 11.5 Å². The van der Waals surface area contributed by atoms with Crippen molar-refractivity contribution in [3.05, 3.63) is 53.6 Å². The van der Waals surface area contributed by atoms with Crippen LogP contribution >= 0.6 is 0 Å². The molecule has 28 heavy (non-hydrogen) atoms. The molecule has 0 spiro atoms. The summed E-state index contributed by atoms with van der Waals surface area (Å²) in [7, 11) is 0. The average molecular weight is 384 g/mol. The van der Waals surface area contributed by atoms with Gasteiger partial charge in [-0.3, -0.25) is 0 Å². The number of nitrogens with one attached hydrogen (secondary N) is 1. The summed E-state index contributed by atoms with van der Waals surface area (Å²) in [5.41, 5.74) is 3.82. The van der Waals surface area contributed by atoms with Crippen LogP contribution in [0.15, 0.2) is 42.5 Å². The number of rotatable bonds is 8. The van der Waals surface area contributed by atoms with Gasteiger partial charge in [-0.2, -0.15) is 0 Å². The van der Waals surface area contributed by atoms with Gasteiger partial charge in [0.25, 0.3) is 0 Å². The van der Waals surface area contributed by atoms with Crippen LogP contribution in [-0.4, -0.2) is 19.8 Å². The smallest absolute Gasteiger partial charge is 0.123 e. The van der Waals surface area contributed by atoms with Gasteiger partial charge in [0, 0.05) is 18.3 Å². The molecule has 0 saturated carbocycles. The van der Waals surface area contributed by atoms with E-state index in [9.17, 15) is 0 Å². The van der Waals surface area contributed by atoms with Gasteiger partial charge in [0.05, 0.1) is 6.61 Å². The topological polar surface area (TPSA) is 30.5 Å². The van der Waals surface area contributed by atoms with E-state index in [0.29, 0.717) is 6.61 Å². The molecule has 0 fully saturated rings. The van der Waals surface area contributed by atoms with Gasteiger partial charge in [-0.15, -0.1) is 0 Å². The van der Waals surface area contributed by atoms with E-state index >= 15 is 0 Å². The lowest BCUT2D eigenvalue weighted by atomic mass is 9.80. The minimum Gasteiger partial charge on any atom is -0.494 e. The fourth-order valence-electron chi connectivity index (χ4n) is 2.98. The Morgan fingerprint density at radius 3 is 2.21 bits per heavy atom. The van der Waals surface area contributed by atoms with E-state index in [1.54, 1.807) is 0 Å². The number of hydrogen-bond acceptors (Lipinski definition) is 3. The van der Waals surface area contributed by atoms with E-state index in [1.807, 2.05) is 18.2 Å². The molecule has 0 saturated heterocycles. The minimum atomic E-state index is 0.0367. The molecule has 3 heteroatoms. The monoisotopic (exact) mass is 383 g/mol. The Morgan fingerprint density at radius 1 is 0.821 bits per heavy atom. The van der Waals surface area contributed by atoms with Gasteiger partial charge in [-0.05, 0) is 46.6 Å². The molecule has 0 aliphatic rings. The van der Waals surface area contributed by atoms with Crippen LogP contribution in [0.2, 0.25) is 0 Å². The van der Waals surface area contributed by atoms with Gasteiger partial charge in [0.15, 0.2) is 0 Å². The van der Waals surface area contributed by atoms with Crippen LogP contribution in [0.25, 0.3) is 0 Å². The van der Waals surface area contributed by atoms with Crippen molar-refractivity contribution in [2.45, 2.75) is 65.7 Å². The first kappa shape index (κ1) is 22.1. The third-order valence-electron chi connectivity index (χ3n) is 4.65. The Morgan fingerprint density at radius 2 is 1.57 bits per heavy atom. The van der Waals surface area contributed by atoms with Gasteiger partial charge in [-0.25, -0.2) is 0 Å². The lowest BCUT2D eigenvalue weighted by Crippen LogP contribution is -2.19. The molecule has 0 bridgehead atoms. The normalized spacial score (nSPS) is 12.0. The summed E-state index contributed by atoms with van der Waals surface area (Å²) < 4.78 is 11.8. The molecule has 1 N–H and O–H groups in total. The molecule has 2 rings (SSSR count). The average Bonchev–Trinajstić information content (AvgIpc) is 2.62. The van der Waals surface area contributed by atoms with E-state index in [1.165, 1.54) is 11.1 Å². The molecule has 2 aromatic carbocycles. The Balaban J connectivity index is 1.99. The summed E-state index contributed by atoms with van der Waals surface area (Å²) in [5.74, 6) is 1.88. The molecular formula is C25H37NO2. The van der Waals surface area contributed by atoms with Crippen LogP contribution in [0.1, 0.15) is 66.0 Å². The second-order valence-electron chi connectivity index (χ2n) is 9.36. The fourth-order valence-corrected chi connectivity index (χ4v) is 2.98. The molecular weight excluding hydrogens is 346 g/mol. The molecule has 0 aliphatic carbocycles. The van der Waals surface area contributed by atoms with Crippen molar-refractivity contribution in [2.75, 3.05) is 25.1 Å². The maximum atomic E-state index is 6.15. The summed E-state index contributed by atoms with van der Waals surface area (Å²) in [5, 5.41) is 3.42. The molecule has 0 heterocycles. The van der Waals surface area contributed by atoms with Crippen molar-refractivity contribution in [3.63, 3.8) is 0 Å². The van der Waals surface area contributed by atoms with Gasteiger partial charge in [-0.1, -0.05) is 66.7 Å². The van der Waals surface area contributed by atoms with Crippen LogP contribution in [0.3, 0.4) is 0 Å². The number of anilines is 1. The molecule has 154 valence electrons. The highest BCUT2D eigenvalue weighted by atomic mass is 16.5. The molecule has 0 aromatic heterocycles. The van der Waals surface area contributed by atoms with E-state index < -0.39 is 0 Å². The molecule has 0 radical (unpaired) electrons. The summed E-state index contributed by atoms with van der Waals surface area (Å²) in [6.07, 6.45) is 1.01. The van der Waals surface area contributed by atoms with Gasteiger partial charge >= 0.3 is 0 Å². The second kappa shape index (κ2) is 9.36. The zero-order chi connectivity index (χ0) is 20.8. The Hall–Kier alpha value is -2.16. The standard InChI is InChI=1S/C25H37NO2/c1-8-15-27-21-11-9-10-20(18-21)26-14-16-28-23-13-12-19(24(2,3)4)17-22(23)25(5,6)7/h9-13,17-18,26H,8,14-16H2,1-7H3. The van der Waals surface area contributed by atoms with Crippen LogP contribution in [-0.2, 0) is 10.8 Å². The second-order valence-corrected chi connectivity index (χ2v) is 9.36. The molecule has 0 amide bonds. The predicted octanol–water partition coefficient (Wildman–Crippen LogP) is 6.56. The quantitative estimate of drug-likeness (QED) is 0.524. The van der Waals surface area contributed by atoms with Gasteiger partial charge in [0.1, 0.15) is 18.1 Å². The van der Waals surface area contributed by atoms with Gasteiger partial charge in [0.2, 0.25) is 0 Å². The summed E-state index contributed by atoms with van der Waals surface area (Å²) >= 11 is 0. The van der Waals surface area contributed by atoms with E-state index in [0.717, 1.165) is 36.8 Å². The van der Waals surface area contributed by atoms with Crippen LogP contribution in [0.5, 0.6) is 11.5 Å². The Labute approximate surface area is 171 Å². The number of ether oxygens (including phenoxy) is 2. The minimum absolute atomic E-state index is 0.0367. The van der Waals surface area contributed by atoms with Crippen molar-refractivity contribution in [1.29, 1.82) is 0 Å². The first-order valence-corrected chi connectivity index (χ1v) is 10.4. The maximum absolute atomic E-state index is 6.15. The van der Waals surface area contributed by atoms with Crippen LogP contribution < -0.4 is 14.8 Å². The Bertz CT molecular complexity index is 754. The van der Waals surface area contributed by atoms with Crippen molar-refractivity contribution in [2.24, 2.45) is 0 Å². The first-order valence-electron chi connectivity index (χ1n) is 10.4. The molecule has 0 atom stereocenters. The summed E-state index contributed by atoms with van der Waals surface area (Å²) in [6, 6.07) is 14.7. The van der Waals surface area contributed by atoms with Crippen molar-refractivity contribution >= 4 is 5.69 Å². The largest absolute Gasteiger partial charge is 0.494 e. The third kappa shape index (κ3) is 6.47. The SMILES string of the molecule is CCCOc1cccc(NCCOc2ccc(C(C)(C)C)cc2C(C)(C)C)c1. The van der Waals surface area contributed by atoms with Gasteiger partial charge < -0.3 is 14.8 Å². The predicted molar refractivity (Wildman–Crippen MR) is 120 cm³/mol. The van der Waals surface area contributed by atoms with E-state index in [4.69, 9.17) is 9.47 Å². The summed E-state index contributed by atoms with van der Waals surface area (Å²) in [4.78, 5) is 0. The molecule has 0 unspecified atom stereocenters. The fraction of sp³-hybridized carbons (Fsp3) is 0.520. The van der Waals surface area contributed by atoms with E-state index in [2.05, 4.69) is 78.0 Å². The molecule has 0 aliphatic heterocycles. The lowest BCUT2D eigenvalue weighted by molar-refractivity contribution is 0.317. The highest BCUT2D eigenvalue weighted by molar-refractivity contribution is 5.48. The number of benzene rings is 2. The van der Waals surface area contributed by atoms with Crippen molar-refractivity contribution < 1.29 is 9.47 Å². The van der Waals surface area contributed by atoms with E-state index in [-0.39, 0.29) is 10.8 Å². The lowest BCUT2D eigenvalue weighted by Gasteiger charge is -2.27. The van der Waals surface area contributed by atoms with Crippen LogP contribution in [0, 0.1) is 0 Å². The highest BCUT2D eigenvalue weighted by Gasteiger charge is 2.23. The summed E-state index contributed by atoms with van der Waals surface area (Å²) in [6.45, 7) is 17.7. The zero-order valence-corrected chi connectivity index (χ0v) is 18.7. The Kier molecular flexibility index (Phi) is 7.40. The number of hydrogen-bond donors (Lipinski definition) is 1. The molecule has 2 aromatic rings. The third-order valence-corrected chi connectivity index (χ3v) is 4.65. The first-order chi connectivity index (χ1) is 13.1. The van der Waals surface area contributed by atoms with Crippen LogP contribution in [0.4, 0.5) is 5.69 Å². The highest BCUT2D eigenvalue weighted by Crippen LogP contribution is 2.35. The zero-order valence-electron chi connectivity index (χ0n) is 18.7. The molecule has 3 nitrogen and oxygen atoms in total. The maximum Gasteiger partial charge on any atom is 0.123 e.